The third kappa shape index (κ3) is 3.29. The summed E-state index contributed by atoms with van der Waals surface area (Å²) in [6.07, 6.45) is 3.25. The molecule has 2 N–H and O–H groups in total. The van der Waals surface area contributed by atoms with Crippen LogP contribution >= 0.6 is 11.6 Å². The smallest absolute Gasteiger partial charge is 0.206 e. The maximum Gasteiger partial charge on any atom is 0.206 e. The van der Waals surface area contributed by atoms with Gasteiger partial charge in [0.25, 0.3) is 0 Å². The Bertz CT molecular complexity index is 1040. The number of nitrogens with one attached hydrogen (secondary N) is 2. The lowest BCUT2D eigenvalue weighted by molar-refractivity contribution is 0.444. The molecule has 0 amide bonds. The number of rotatable bonds is 5. The summed E-state index contributed by atoms with van der Waals surface area (Å²) in [4.78, 5) is 8.18. The Morgan fingerprint density at radius 2 is 2.00 bits per heavy atom. The number of benzene rings is 1. The van der Waals surface area contributed by atoms with Crippen molar-refractivity contribution in [2.45, 2.75) is 6.54 Å². The fourth-order valence-electron chi connectivity index (χ4n) is 2.47. The molecule has 0 spiro atoms. The van der Waals surface area contributed by atoms with Crippen molar-refractivity contribution in [3.8, 4) is 0 Å². The van der Waals surface area contributed by atoms with E-state index in [2.05, 4.69) is 25.8 Å². The second-order valence-electron chi connectivity index (χ2n) is 5.50. The van der Waals surface area contributed by atoms with E-state index >= 15 is 0 Å². The molecule has 8 heteroatoms. The fraction of sp³-hybridized carbons (Fsp3) is 0.0556. The van der Waals surface area contributed by atoms with E-state index in [1.165, 1.54) is 0 Å². The van der Waals surface area contributed by atoms with E-state index in [0.717, 1.165) is 5.69 Å². The van der Waals surface area contributed by atoms with Gasteiger partial charge in [0, 0.05) is 6.20 Å². The van der Waals surface area contributed by atoms with Crippen LogP contribution in [0.15, 0.2) is 59.4 Å². The van der Waals surface area contributed by atoms with Gasteiger partial charge in [0.15, 0.2) is 11.6 Å². The van der Waals surface area contributed by atoms with Gasteiger partial charge in [-0.05, 0) is 36.4 Å². The average molecular weight is 370 g/mol. The molecular formula is C18H13ClFN5O. The topological polar surface area (TPSA) is 75.9 Å². The summed E-state index contributed by atoms with van der Waals surface area (Å²) in [7, 11) is 0. The van der Waals surface area contributed by atoms with Crippen molar-refractivity contribution in [2.24, 2.45) is 0 Å². The van der Waals surface area contributed by atoms with Crippen molar-refractivity contribution in [1.29, 1.82) is 0 Å². The fourth-order valence-corrected chi connectivity index (χ4v) is 2.59. The van der Waals surface area contributed by atoms with E-state index in [1.54, 1.807) is 36.7 Å². The summed E-state index contributed by atoms with van der Waals surface area (Å²) in [5, 5.41) is 10.9. The van der Waals surface area contributed by atoms with Crippen LogP contribution < -0.4 is 10.6 Å². The van der Waals surface area contributed by atoms with Crippen LogP contribution in [0.1, 0.15) is 5.69 Å². The van der Waals surface area contributed by atoms with Gasteiger partial charge in [-0.25, -0.2) is 9.37 Å². The van der Waals surface area contributed by atoms with Crippen molar-refractivity contribution in [3.05, 3.63) is 71.5 Å². The highest BCUT2D eigenvalue weighted by molar-refractivity contribution is 6.29. The monoisotopic (exact) mass is 369 g/mol. The van der Waals surface area contributed by atoms with E-state index in [1.807, 2.05) is 18.2 Å². The van der Waals surface area contributed by atoms with Gasteiger partial charge in [0.05, 0.1) is 35.2 Å². The van der Waals surface area contributed by atoms with Crippen LogP contribution in [0.2, 0.25) is 5.15 Å². The lowest BCUT2D eigenvalue weighted by Crippen LogP contribution is -2.03. The predicted molar refractivity (Wildman–Crippen MR) is 98.1 cm³/mol. The van der Waals surface area contributed by atoms with Crippen LogP contribution in [-0.4, -0.2) is 15.1 Å². The number of hydrogen-bond acceptors (Lipinski definition) is 6. The van der Waals surface area contributed by atoms with E-state index in [9.17, 15) is 4.39 Å². The minimum absolute atomic E-state index is 0.0699. The molecule has 3 heterocycles. The second-order valence-corrected chi connectivity index (χ2v) is 5.89. The third-order valence-electron chi connectivity index (χ3n) is 3.76. The van der Waals surface area contributed by atoms with Gasteiger partial charge in [-0.3, -0.25) is 4.98 Å². The van der Waals surface area contributed by atoms with Crippen molar-refractivity contribution in [1.82, 2.24) is 15.1 Å². The Morgan fingerprint density at radius 3 is 2.77 bits per heavy atom. The molecule has 1 aromatic carbocycles. The molecule has 26 heavy (non-hydrogen) atoms. The first-order valence-corrected chi connectivity index (χ1v) is 8.19. The maximum atomic E-state index is 14.7. The van der Waals surface area contributed by atoms with E-state index in [0.29, 0.717) is 34.3 Å². The Balaban J connectivity index is 1.57. The average Bonchev–Trinajstić information content (AvgIpc) is 3.07. The number of fused-ring (bicyclic) bond motifs is 1. The zero-order valence-electron chi connectivity index (χ0n) is 13.4. The number of hydrogen-bond donors (Lipinski definition) is 2. The molecular weight excluding hydrogens is 357 g/mol. The standard InChI is InChI=1S/C18H13ClFN5O/c19-15-7-4-12(10-23-15)24-18-13-5-6-14(16(20)17(13)26-25-18)22-9-11-3-1-2-8-21-11/h1-8,10,22H,9H2,(H,24,25). The molecule has 0 saturated heterocycles. The highest BCUT2D eigenvalue weighted by Crippen LogP contribution is 2.31. The van der Waals surface area contributed by atoms with E-state index < -0.39 is 5.82 Å². The van der Waals surface area contributed by atoms with Crippen LogP contribution in [-0.2, 0) is 6.54 Å². The molecule has 0 unspecified atom stereocenters. The normalized spacial score (nSPS) is 10.8. The van der Waals surface area contributed by atoms with Crippen LogP contribution in [0.4, 0.5) is 21.6 Å². The minimum atomic E-state index is -0.506. The first kappa shape index (κ1) is 16.3. The molecule has 0 radical (unpaired) electrons. The van der Waals surface area contributed by atoms with Gasteiger partial charge in [-0.1, -0.05) is 22.8 Å². The van der Waals surface area contributed by atoms with Crippen LogP contribution in [0.5, 0.6) is 0 Å². The molecule has 0 bridgehead atoms. The Hall–Kier alpha value is -3.19. The van der Waals surface area contributed by atoms with Gasteiger partial charge < -0.3 is 15.2 Å². The van der Waals surface area contributed by atoms with Crippen LogP contribution in [0, 0.1) is 5.82 Å². The lowest BCUT2D eigenvalue weighted by Gasteiger charge is -2.07. The number of nitrogens with zero attached hydrogens (tertiary/aromatic N) is 3. The molecule has 0 atom stereocenters. The number of aromatic nitrogens is 3. The summed E-state index contributed by atoms with van der Waals surface area (Å²) < 4.78 is 19.9. The predicted octanol–water partition coefficient (Wildman–Crippen LogP) is 4.77. The highest BCUT2D eigenvalue weighted by atomic mass is 35.5. The molecule has 4 aromatic rings. The molecule has 130 valence electrons. The Labute approximate surface area is 153 Å². The SMILES string of the molecule is Fc1c(NCc2ccccn2)ccc2c(Nc3ccc(Cl)nc3)noc12. The zero-order valence-corrected chi connectivity index (χ0v) is 14.2. The summed E-state index contributed by atoms with van der Waals surface area (Å²) >= 11 is 5.77. The van der Waals surface area contributed by atoms with Crippen molar-refractivity contribution < 1.29 is 8.91 Å². The molecule has 3 aromatic heterocycles. The van der Waals surface area contributed by atoms with E-state index in [4.69, 9.17) is 16.1 Å². The van der Waals surface area contributed by atoms with Gasteiger partial charge in [0.1, 0.15) is 5.15 Å². The molecule has 4 rings (SSSR count). The van der Waals surface area contributed by atoms with Crippen molar-refractivity contribution in [3.63, 3.8) is 0 Å². The summed E-state index contributed by atoms with van der Waals surface area (Å²) in [5.41, 5.74) is 1.86. The number of anilines is 3. The molecule has 0 aliphatic heterocycles. The molecule has 0 fully saturated rings. The quantitative estimate of drug-likeness (QED) is 0.494. The first-order valence-electron chi connectivity index (χ1n) is 7.81. The molecule has 0 aliphatic carbocycles. The maximum absolute atomic E-state index is 14.7. The lowest BCUT2D eigenvalue weighted by atomic mass is 10.2. The highest BCUT2D eigenvalue weighted by Gasteiger charge is 2.16. The summed E-state index contributed by atoms with van der Waals surface area (Å²) in [5.74, 6) is -0.104. The second kappa shape index (κ2) is 6.97. The third-order valence-corrected chi connectivity index (χ3v) is 3.98. The van der Waals surface area contributed by atoms with Gasteiger partial charge in [-0.15, -0.1) is 0 Å². The summed E-state index contributed by atoms with van der Waals surface area (Å²) in [6, 6.07) is 12.3. The minimum Gasteiger partial charge on any atom is -0.377 e. The van der Waals surface area contributed by atoms with Gasteiger partial charge in [-0.2, -0.15) is 0 Å². The number of pyridine rings is 2. The molecule has 0 aliphatic rings. The number of halogens is 2. The van der Waals surface area contributed by atoms with Crippen LogP contribution in [0.25, 0.3) is 11.0 Å². The van der Waals surface area contributed by atoms with Crippen molar-refractivity contribution >= 4 is 39.8 Å². The van der Waals surface area contributed by atoms with Crippen molar-refractivity contribution in [2.75, 3.05) is 10.6 Å². The van der Waals surface area contributed by atoms with Gasteiger partial charge >= 0.3 is 0 Å². The zero-order chi connectivity index (χ0) is 17.9. The van der Waals surface area contributed by atoms with Crippen LogP contribution in [0.3, 0.4) is 0 Å². The molecule has 6 nitrogen and oxygen atoms in total. The Morgan fingerprint density at radius 1 is 1.08 bits per heavy atom. The summed E-state index contributed by atoms with van der Waals surface area (Å²) in [6.45, 7) is 0.402. The van der Waals surface area contributed by atoms with E-state index in [-0.39, 0.29) is 5.58 Å². The molecule has 0 saturated carbocycles. The Kier molecular flexibility index (Phi) is 4.37. The largest absolute Gasteiger partial charge is 0.377 e. The first-order chi connectivity index (χ1) is 12.7. The van der Waals surface area contributed by atoms with Gasteiger partial charge in [0.2, 0.25) is 5.58 Å².